The molecule has 1 fully saturated rings. The monoisotopic (exact) mass is 226 g/mol. The van der Waals surface area contributed by atoms with Gasteiger partial charge < -0.3 is 5.11 Å². The van der Waals surface area contributed by atoms with E-state index in [0.29, 0.717) is 18.4 Å². The van der Waals surface area contributed by atoms with Crippen LogP contribution in [0, 0.1) is 18.6 Å². The Morgan fingerprint density at radius 1 is 1.12 bits per heavy atom. The van der Waals surface area contributed by atoms with Gasteiger partial charge in [-0.15, -0.1) is 0 Å². The third kappa shape index (κ3) is 1.84. The van der Waals surface area contributed by atoms with E-state index in [9.17, 15) is 13.9 Å². The van der Waals surface area contributed by atoms with Crippen molar-refractivity contribution in [2.45, 2.75) is 44.6 Å². The summed E-state index contributed by atoms with van der Waals surface area (Å²) in [5.74, 6) is -1.68. The molecule has 0 heterocycles. The summed E-state index contributed by atoms with van der Waals surface area (Å²) in [7, 11) is 0. The molecule has 1 aliphatic carbocycles. The van der Waals surface area contributed by atoms with Crippen molar-refractivity contribution in [1.29, 1.82) is 0 Å². The van der Waals surface area contributed by atoms with Gasteiger partial charge >= 0.3 is 0 Å². The lowest BCUT2D eigenvalue weighted by Crippen LogP contribution is -2.29. The molecule has 16 heavy (non-hydrogen) atoms. The molecule has 0 atom stereocenters. The van der Waals surface area contributed by atoms with E-state index in [-0.39, 0.29) is 5.56 Å². The van der Waals surface area contributed by atoms with Crippen LogP contribution < -0.4 is 0 Å². The zero-order valence-electron chi connectivity index (χ0n) is 9.39. The van der Waals surface area contributed by atoms with Crippen LogP contribution in [0.15, 0.2) is 12.1 Å². The van der Waals surface area contributed by atoms with Crippen LogP contribution in [0.4, 0.5) is 8.78 Å². The van der Waals surface area contributed by atoms with Crippen LogP contribution in [0.2, 0.25) is 0 Å². The largest absolute Gasteiger partial charge is 0.385 e. The predicted octanol–water partition coefficient (Wildman–Crippen LogP) is 3.42. The number of rotatable bonds is 1. The minimum Gasteiger partial charge on any atom is -0.385 e. The van der Waals surface area contributed by atoms with Gasteiger partial charge in [0.15, 0.2) is 11.6 Å². The Balaban J connectivity index is 2.43. The second kappa shape index (κ2) is 4.13. The molecule has 0 saturated heterocycles. The molecule has 1 saturated carbocycles. The molecule has 1 aromatic carbocycles. The molecule has 0 amide bonds. The lowest BCUT2D eigenvalue weighted by molar-refractivity contribution is -0.00157. The van der Waals surface area contributed by atoms with Crippen molar-refractivity contribution in [3.8, 4) is 0 Å². The molecule has 0 aromatic heterocycles. The van der Waals surface area contributed by atoms with Gasteiger partial charge in [-0.05, 0) is 37.0 Å². The third-order valence-electron chi connectivity index (χ3n) is 3.52. The Bertz CT molecular complexity index is 395. The van der Waals surface area contributed by atoms with Gasteiger partial charge in [0.2, 0.25) is 0 Å². The van der Waals surface area contributed by atoms with Crippen molar-refractivity contribution < 1.29 is 13.9 Å². The summed E-state index contributed by atoms with van der Waals surface area (Å²) in [5.41, 5.74) is -0.174. The van der Waals surface area contributed by atoms with Crippen molar-refractivity contribution in [3.63, 3.8) is 0 Å². The molecule has 1 N–H and O–H groups in total. The van der Waals surface area contributed by atoms with Gasteiger partial charge in [0, 0.05) is 0 Å². The van der Waals surface area contributed by atoms with Crippen molar-refractivity contribution >= 4 is 0 Å². The fourth-order valence-electron chi connectivity index (χ4n) is 2.56. The van der Waals surface area contributed by atoms with Crippen LogP contribution in [0.5, 0.6) is 0 Å². The SMILES string of the molecule is Cc1c(C2(O)CCCCC2)ccc(F)c1F. The van der Waals surface area contributed by atoms with Gasteiger partial charge in [-0.1, -0.05) is 25.3 Å². The van der Waals surface area contributed by atoms with Crippen LogP contribution in [0.25, 0.3) is 0 Å². The molecule has 0 bridgehead atoms. The molecule has 88 valence electrons. The van der Waals surface area contributed by atoms with E-state index in [4.69, 9.17) is 0 Å². The lowest BCUT2D eigenvalue weighted by atomic mass is 9.78. The number of aliphatic hydroxyl groups is 1. The number of halogens is 2. The van der Waals surface area contributed by atoms with E-state index in [0.717, 1.165) is 25.3 Å². The van der Waals surface area contributed by atoms with E-state index in [1.165, 1.54) is 13.0 Å². The van der Waals surface area contributed by atoms with E-state index in [2.05, 4.69) is 0 Å². The first kappa shape index (κ1) is 11.5. The molecule has 0 radical (unpaired) electrons. The first-order valence-electron chi connectivity index (χ1n) is 5.72. The fraction of sp³-hybridized carbons (Fsp3) is 0.538. The van der Waals surface area contributed by atoms with Crippen molar-refractivity contribution in [3.05, 3.63) is 34.9 Å². The molecular formula is C13H16F2O. The normalized spacial score (nSPS) is 19.8. The summed E-state index contributed by atoms with van der Waals surface area (Å²) in [6.07, 6.45) is 4.26. The Hall–Kier alpha value is -0.960. The topological polar surface area (TPSA) is 20.2 Å². The quantitative estimate of drug-likeness (QED) is 0.777. The van der Waals surface area contributed by atoms with Crippen LogP contribution in [0.3, 0.4) is 0 Å². The highest BCUT2D eigenvalue weighted by Crippen LogP contribution is 2.39. The number of benzene rings is 1. The van der Waals surface area contributed by atoms with E-state index in [1.54, 1.807) is 0 Å². The van der Waals surface area contributed by atoms with Gasteiger partial charge in [-0.2, -0.15) is 0 Å². The molecule has 1 aliphatic rings. The lowest BCUT2D eigenvalue weighted by Gasteiger charge is -2.33. The minimum absolute atomic E-state index is 0.240. The molecule has 0 spiro atoms. The van der Waals surface area contributed by atoms with Crippen molar-refractivity contribution in [2.75, 3.05) is 0 Å². The van der Waals surface area contributed by atoms with E-state index in [1.807, 2.05) is 0 Å². The van der Waals surface area contributed by atoms with Crippen molar-refractivity contribution in [2.24, 2.45) is 0 Å². The third-order valence-corrected chi connectivity index (χ3v) is 3.52. The smallest absolute Gasteiger partial charge is 0.162 e. The summed E-state index contributed by atoms with van der Waals surface area (Å²) < 4.78 is 26.4. The van der Waals surface area contributed by atoms with Crippen LogP contribution >= 0.6 is 0 Å². The first-order valence-corrected chi connectivity index (χ1v) is 5.72. The zero-order chi connectivity index (χ0) is 11.8. The average molecular weight is 226 g/mol. The van der Waals surface area contributed by atoms with Crippen LogP contribution in [-0.4, -0.2) is 5.11 Å². The molecule has 2 rings (SSSR count). The van der Waals surface area contributed by atoms with E-state index >= 15 is 0 Å². The molecular weight excluding hydrogens is 210 g/mol. The van der Waals surface area contributed by atoms with Gasteiger partial charge in [0.05, 0.1) is 5.60 Å². The van der Waals surface area contributed by atoms with Crippen molar-refractivity contribution in [1.82, 2.24) is 0 Å². The highest BCUT2D eigenvalue weighted by Gasteiger charge is 2.33. The molecule has 0 unspecified atom stereocenters. The summed E-state index contributed by atoms with van der Waals surface area (Å²) in [6.45, 7) is 1.53. The Morgan fingerprint density at radius 2 is 1.75 bits per heavy atom. The van der Waals surface area contributed by atoms with Gasteiger partial charge in [0.25, 0.3) is 0 Å². The summed E-state index contributed by atoms with van der Waals surface area (Å²) in [4.78, 5) is 0. The number of hydrogen-bond acceptors (Lipinski definition) is 1. The number of hydrogen-bond donors (Lipinski definition) is 1. The summed E-state index contributed by atoms with van der Waals surface area (Å²) in [5, 5.41) is 10.4. The molecule has 3 heteroatoms. The molecule has 0 aliphatic heterocycles. The summed E-state index contributed by atoms with van der Waals surface area (Å²) >= 11 is 0. The Kier molecular flexibility index (Phi) is 2.98. The highest BCUT2D eigenvalue weighted by molar-refractivity contribution is 5.33. The minimum atomic E-state index is -0.961. The van der Waals surface area contributed by atoms with E-state index < -0.39 is 17.2 Å². The first-order chi connectivity index (χ1) is 7.54. The van der Waals surface area contributed by atoms with Gasteiger partial charge in [-0.3, -0.25) is 0 Å². The Morgan fingerprint density at radius 3 is 2.38 bits per heavy atom. The average Bonchev–Trinajstić information content (AvgIpc) is 2.27. The van der Waals surface area contributed by atoms with Gasteiger partial charge in [0.1, 0.15) is 0 Å². The van der Waals surface area contributed by atoms with Crippen LogP contribution in [0.1, 0.15) is 43.2 Å². The van der Waals surface area contributed by atoms with Gasteiger partial charge in [-0.25, -0.2) is 8.78 Å². The highest BCUT2D eigenvalue weighted by atomic mass is 19.2. The maximum Gasteiger partial charge on any atom is 0.162 e. The molecule has 1 aromatic rings. The molecule has 1 nitrogen and oxygen atoms in total. The second-order valence-corrected chi connectivity index (χ2v) is 4.63. The maximum absolute atomic E-state index is 13.4. The standard InChI is InChI=1S/C13H16F2O/c1-9-10(5-6-11(14)12(9)15)13(16)7-3-2-4-8-13/h5-6,16H,2-4,7-8H2,1H3. The van der Waals surface area contributed by atoms with Crippen LogP contribution in [-0.2, 0) is 5.60 Å². The zero-order valence-corrected chi connectivity index (χ0v) is 9.39. The summed E-state index contributed by atoms with van der Waals surface area (Å²) in [6, 6.07) is 2.61. The second-order valence-electron chi connectivity index (χ2n) is 4.63. The maximum atomic E-state index is 13.4. The predicted molar refractivity (Wildman–Crippen MR) is 58.1 cm³/mol. The Labute approximate surface area is 94.1 Å². The fourth-order valence-corrected chi connectivity index (χ4v) is 2.56.